The maximum absolute atomic E-state index is 12.4. The fourth-order valence-corrected chi connectivity index (χ4v) is 4.13. The van der Waals surface area contributed by atoms with Gasteiger partial charge in [-0.25, -0.2) is 4.68 Å². The highest BCUT2D eigenvalue weighted by atomic mass is 16.7. The molecule has 7 heteroatoms. The Labute approximate surface area is 193 Å². The second kappa shape index (κ2) is 9.11. The Morgan fingerprint density at radius 1 is 1.09 bits per heavy atom. The predicted molar refractivity (Wildman–Crippen MR) is 126 cm³/mol. The highest BCUT2D eigenvalue weighted by Gasteiger charge is 2.18. The van der Waals surface area contributed by atoms with Crippen molar-refractivity contribution in [3.05, 3.63) is 77.1 Å². The molecule has 3 heterocycles. The summed E-state index contributed by atoms with van der Waals surface area (Å²) in [5, 5.41) is 7.56. The summed E-state index contributed by atoms with van der Waals surface area (Å²) in [7, 11) is 0. The van der Waals surface area contributed by atoms with E-state index in [0.717, 1.165) is 47.8 Å². The molecular formula is C26H28N4O3. The highest BCUT2D eigenvalue weighted by Crippen LogP contribution is 2.32. The van der Waals surface area contributed by atoms with Crippen molar-refractivity contribution in [3.63, 3.8) is 0 Å². The molecule has 2 aromatic carbocycles. The molecule has 3 aromatic rings. The van der Waals surface area contributed by atoms with E-state index in [2.05, 4.69) is 59.6 Å². The van der Waals surface area contributed by atoms with Gasteiger partial charge in [0.1, 0.15) is 0 Å². The van der Waals surface area contributed by atoms with E-state index in [9.17, 15) is 4.79 Å². The average Bonchev–Trinajstić information content (AvgIpc) is 3.49. The number of benzene rings is 2. The van der Waals surface area contributed by atoms with Gasteiger partial charge in [-0.05, 0) is 66.8 Å². The van der Waals surface area contributed by atoms with Crippen molar-refractivity contribution >= 4 is 11.5 Å². The van der Waals surface area contributed by atoms with Gasteiger partial charge >= 0.3 is 0 Å². The molecule has 1 N–H and O–H groups in total. The number of fused-ring (bicyclic) bond motifs is 1. The van der Waals surface area contributed by atoms with E-state index < -0.39 is 0 Å². The topological polar surface area (TPSA) is 68.6 Å². The number of nitrogens with zero attached hydrogens (tertiary/aromatic N) is 3. The number of aryl methyl sites for hydroxylation is 2. The number of hydrogen-bond donors (Lipinski definition) is 1. The lowest BCUT2D eigenvalue weighted by atomic mass is 10.0. The average molecular weight is 445 g/mol. The number of amides is 1. The third-order valence-corrected chi connectivity index (χ3v) is 6.30. The summed E-state index contributed by atoms with van der Waals surface area (Å²) in [6.45, 7) is 6.94. The molecule has 0 saturated heterocycles. The Morgan fingerprint density at radius 2 is 1.97 bits per heavy atom. The second-order valence-electron chi connectivity index (χ2n) is 8.62. The van der Waals surface area contributed by atoms with Crippen molar-refractivity contribution in [2.45, 2.75) is 26.8 Å². The largest absolute Gasteiger partial charge is 0.454 e. The Kier molecular flexibility index (Phi) is 5.88. The monoisotopic (exact) mass is 444 g/mol. The lowest BCUT2D eigenvalue weighted by molar-refractivity contribution is -0.122. The lowest BCUT2D eigenvalue weighted by Gasteiger charge is -2.25. The minimum absolute atomic E-state index is 0.0204. The number of hydrogen-bond acceptors (Lipinski definition) is 5. The molecule has 0 bridgehead atoms. The van der Waals surface area contributed by atoms with Crippen LogP contribution in [0.2, 0.25) is 0 Å². The maximum Gasteiger partial charge on any atom is 0.234 e. The fourth-order valence-electron chi connectivity index (χ4n) is 4.13. The van der Waals surface area contributed by atoms with Gasteiger partial charge in [-0.2, -0.15) is 5.10 Å². The summed E-state index contributed by atoms with van der Waals surface area (Å²) >= 11 is 0. The Balaban J connectivity index is 1.14. The Hall–Kier alpha value is -3.58. The van der Waals surface area contributed by atoms with Gasteiger partial charge in [0.25, 0.3) is 0 Å². The van der Waals surface area contributed by atoms with Crippen molar-refractivity contribution in [1.29, 1.82) is 0 Å². The van der Waals surface area contributed by atoms with Crippen LogP contribution in [0.3, 0.4) is 0 Å². The van der Waals surface area contributed by atoms with Crippen LogP contribution in [0.15, 0.2) is 54.9 Å². The number of carbonyl (C=O) groups excluding carboxylic acids is 1. The minimum Gasteiger partial charge on any atom is -0.454 e. The zero-order chi connectivity index (χ0) is 22.8. The molecule has 170 valence electrons. The van der Waals surface area contributed by atoms with Gasteiger partial charge in [0.15, 0.2) is 11.5 Å². The van der Waals surface area contributed by atoms with Gasteiger partial charge in [-0.3, -0.25) is 9.69 Å². The highest BCUT2D eigenvalue weighted by molar-refractivity contribution is 5.78. The van der Waals surface area contributed by atoms with E-state index in [1.165, 1.54) is 16.7 Å². The third kappa shape index (κ3) is 4.78. The van der Waals surface area contributed by atoms with E-state index in [0.29, 0.717) is 13.1 Å². The summed E-state index contributed by atoms with van der Waals surface area (Å²) in [4.78, 5) is 14.6. The van der Waals surface area contributed by atoms with Crippen LogP contribution in [0.1, 0.15) is 28.7 Å². The normalized spacial score (nSPS) is 15.4. The number of rotatable bonds is 6. The van der Waals surface area contributed by atoms with Crippen LogP contribution in [0.4, 0.5) is 0 Å². The molecule has 0 aliphatic carbocycles. The van der Waals surface area contributed by atoms with Gasteiger partial charge in [0.2, 0.25) is 12.7 Å². The van der Waals surface area contributed by atoms with Crippen LogP contribution >= 0.6 is 0 Å². The zero-order valence-corrected chi connectivity index (χ0v) is 19.0. The number of ether oxygens (including phenoxy) is 2. The molecule has 0 atom stereocenters. The Bertz CT molecular complexity index is 1210. The second-order valence-corrected chi connectivity index (χ2v) is 8.62. The first-order valence-electron chi connectivity index (χ1n) is 11.2. The molecule has 0 radical (unpaired) electrons. The van der Waals surface area contributed by atoms with Crippen LogP contribution < -0.4 is 14.8 Å². The van der Waals surface area contributed by atoms with E-state index in [-0.39, 0.29) is 12.7 Å². The van der Waals surface area contributed by atoms with Crippen LogP contribution in [0.25, 0.3) is 11.3 Å². The van der Waals surface area contributed by atoms with Crippen molar-refractivity contribution in [2.24, 2.45) is 0 Å². The summed E-state index contributed by atoms with van der Waals surface area (Å²) in [5.41, 5.74) is 7.02. The summed E-state index contributed by atoms with van der Waals surface area (Å²) in [6.07, 6.45) is 7.11. The van der Waals surface area contributed by atoms with Gasteiger partial charge in [-0.15, -0.1) is 0 Å². The van der Waals surface area contributed by atoms with Crippen LogP contribution in [0.5, 0.6) is 11.5 Å². The maximum atomic E-state index is 12.4. The molecule has 0 fully saturated rings. The molecular weight excluding hydrogens is 416 g/mol. The van der Waals surface area contributed by atoms with Gasteiger partial charge in [0.05, 0.1) is 18.4 Å². The van der Waals surface area contributed by atoms with Gasteiger partial charge in [-0.1, -0.05) is 18.2 Å². The Morgan fingerprint density at radius 3 is 2.79 bits per heavy atom. The quantitative estimate of drug-likeness (QED) is 0.629. The van der Waals surface area contributed by atoms with Crippen LogP contribution in [-0.2, 0) is 11.3 Å². The van der Waals surface area contributed by atoms with Crippen molar-refractivity contribution in [1.82, 2.24) is 20.0 Å². The van der Waals surface area contributed by atoms with Gasteiger partial charge < -0.3 is 14.8 Å². The van der Waals surface area contributed by atoms with Crippen LogP contribution in [-0.4, -0.2) is 47.0 Å². The number of nitrogens with one attached hydrogen (secondary N) is 1. The molecule has 0 unspecified atom stereocenters. The first kappa shape index (κ1) is 21.3. The predicted octanol–water partition coefficient (Wildman–Crippen LogP) is 3.62. The zero-order valence-electron chi connectivity index (χ0n) is 19.0. The number of aromatic nitrogens is 2. The number of carbonyl (C=O) groups is 1. The van der Waals surface area contributed by atoms with E-state index in [4.69, 9.17) is 9.47 Å². The van der Waals surface area contributed by atoms with Gasteiger partial charge in [0, 0.05) is 31.4 Å². The first-order chi connectivity index (χ1) is 16.0. The third-order valence-electron chi connectivity index (χ3n) is 6.30. The van der Waals surface area contributed by atoms with E-state index in [1.807, 2.05) is 29.1 Å². The molecule has 2 aliphatic heterocycles. The molecule has 0 saturated carbocycles. The SMILES string of the molecule is Cc1ccc(-n2cc(C3=CCN(CC(=O)NCc4ccc5c(c4)OCO5)CC3)cn2)cc1C. The molecule has 5 rings (SSSR count). The molecule has 2 aliphatic rings. The smallest absolute Gasteiger partial charge is 0.234 e. The summed E-state index contributed by atoms with van der Waals surface area (Å²) < 4.78 is 12.6. The molecule has 0 spiro atoms. The van der Waals surface area contributed by atoms with E-state index in [1.54, 1.807) is 0 Å². The van der Waals surface area contributed by atoms with Crippen molar-refractivity contribution in [2.75, 3.05) is 26.4 Å². The molecule has 1 aromatic heterocycles. The van der Waals surface area contributed by atoms with Crippen LogP contribution in [0, 0.1) is 13.8 Å². The first-order valence-corrected chi connectivity index (χ1v) is 11.2. The van der Waals surface area contributed by atoms with Crippen molar-refractivity contribution in [3.8, 4) is 17.2 Å². The summed E-state index contributed by atoms with van der Waals surface area (Å²) in [6, 6.07) is 12.1. The van der Waals surface area contributed by atoms with E-state index >= 15 is 0 Å². The van der Waals surface area contributed by atoms with Crippen molar-refractivity contribution < 1.29 is 14.3 Å². The molecule has 33 heavy (non-hydrogen) atoms. The minimum atomic E-state index is 0.0204. The fraction of sp³-hybridized carbons (Fsp3) is 0.308. The lowest BCUT2D eigenvalue weighted by Crippen LogP contribution is -2.39. The molecule has 1 amide bonds. The molecule has 7 nitrogen and oxygen atoms in total. The standard InChI is InChI=1S/C26H28N4O3/c1-18-3-5-23(11-19(18)2)30-15-22(14-28-30)21-7-9-29(10-8-21)16-26(31)27-13-20-4-6-24-25(12-20)33-17-32-24/h3-7,11-12,14-15H,8-10,13,16-17H2,1-2H3,(H,27,31). The summed E-state index contributed by atoms with van der Waals surface area (Å²) in [5.74, 6) is 1.50.